The van der Waals surface area contributed by atoms with E-state index in [2.05, 4.69) is 0 Å². The maximum atomic E-state index is 12.3. The summed E-state index contributed by atoms with van der Waals surface area (Å²) in [5.74, 6) is 0.122. The van der Waals surface area contributed by atoms with Gasteiger partial charge < -0.3 is 4.74 Å². The van der Waals surface area contributed by atoms with Gasteiger partial charge in [0.05, 0.1) is 24.2 Å². The van der Waals surface area contributed by atoms with Crippen molar-refractivity contribution in [1.82, 2.24) is 0 Å². The molecule has 0 N–H and O–H groups in total. The molecule has 1 aromatic carbocycles. The first-order chi connectivity index (χ1) is 9.82. The standard InChI is InChI=1S/C15H21NO4S/c1-4-20-15(17)16(13-5-6-21(18,19)10-13)14-8-11(2)7-12(3)9-14/h7-9,13H,4-6,10H2,1-3H3. The maximum Gasteiger partial charge on any atom is 0.414 e. The predicted octanol–water partition coefficient (Wildman–Crippen LogP) is 2.45. The van der Waals surface area contributed by atoms with Gasteiger partial charge in [-0.2, -0.15) is 0 Å². The summed E-state index contributed by atoms with van der Waals surface area (Å²) in [6.45, 7) is 5.90. The van der Waals surface area contributed by atoms with Crippen LogP contribution in [-0.4, -0.2) is 38.7 Å². The number of amides is 1. The van der Waals surface area contributed by atoms with Gasteiger partial charge in [0.25, 0.3) is 0 Å². The summed E-state index contributed by atoms with van der Waals surface area (Å²) in [5.41, 5.74) is 2.76. The Bertz CT molecular complexity index is 619. The summed E-state index contributed by atoms with van der Waals surface area (Å²) in [7, 11) is -3.07. The molecule has 2 rings (SSSR count). The molecule has 0 bridgehead atoms. The van der Waals surface area contributed by atoms with Gasteiger partial charge in [-0.1, -0.05) is 6.07 Å². The van der Waals surface area contributed by atoms with Crippen LogP contribution in [0.3, 0.4) is 0 Å². The lowest BCUT2D eigenvalue weighted by Gasteiger charge is -2.28. The second-order valence-corrected chi connectivity index (χ2v) is 7.70. The molecule has 1 aliphatic rings. The molecule has 0 radical (unpaired) electrons. The number of hydrogen-bond donors (Lipinski definition) is 0. The van der Waals surface area contributed by atoms with Crippen molar-refractivity contribution >= 4 is 21.6 Å². The lowest BCUT2D eigenvalue weighted by atomic mass is 10.1. The molecular formula is C15H21NO4S. The van der Waals surface area contributed by atoms with Crippen molar-refractivity contribution in [3.8, 4) is 0 Å². The van der Waals surface area contributed by atoms with Crippen LogP contribution in [0.1, 0.15) is 24.5 Å². The Morgan fingerprint density at radius 2 is 1.90 bits per heavy atom. The highest BCUT2D eigenvalue weighted by atomic mass is 32.2. The Kier molecular flexibility index (Phi) is 4.56. The van der Waals surface area contributed by atoms with E-state index in [9.17, 15) is 13.2 Å². The van der Waals surface area contributed by atoms with Crippen LogP contribution in [0.15, 0.2) is 18.2 Å². The fourth-order valence-corrected chi connectivity index (χ4v) is 4.43. The maximum absolute atomic E-state index is 12.3. The molecular weight excluding hydrogens is 290 g/mol. The summed E-state index contributed by atoms with van der Waals surface area (Å²) in [6.07, 6.45) is -0.0293. The zero-order chi connectivity index (χ0) is 15.6. The van der Waals surface area contributed by atoms with Gasteiger partial charge in [0.1, 0.15) is 0 Å². The van der Waals surface area contributed by atoms with Crippen LogP contribution in [0.25, 0.3) is 0 Å². The fraction of sp³-hybridized carbons (Fsp3) is 0.533. The summed E-state index contributed by atoms with van der Waals surface area (Å²) in [4.78, 5) is 13.8. The highest BCUT2D eigenvalue weighted by Crippen LogP contribution is 2.27. The molecule has 5 nitrogen and oxygen atoms in total. The van der Waals surface area contributed by atoms with E-state index in [0.29, 0.717) is 12.1 Å². The summed E-state index contributed by atoms with van der Waals surface area (Å²) >= 11 is 0. The van der Waals surface area contributed by atoms with Gasteiger partial charge in [0.2, 0.25) is 0 Å². The number of carbonyl (C=O) groups excluding carboxylic acids is 1. The number of aryl methyl sites for hydroxylation is 2. The van der Waals surface area contributed by atoms with Gasteiger partial charge in [-0.3, -0.25) is 4.90 Å². The third kappa shape index (κ3) is 3.75. The lowest BCUT2D eigenvalue weighted by Crippen LogP contribution is -2.41. The normalized spacial score (nSPS) is 20.2. The quantitative estimate of drug-likeness (QED) is 0.860. The average molecular weight is 311 g/mol. The number of hydrogen-bond acceptors (Lipinski definition) is 4. The highest BCUT2D eigenvalue weighted by Gasteiger charge is 2.36. The first-order valence-electron chi connectivity index (χ1n) is 7.07. The number of rotatable bonds is 3. The molecule has 1 saturated heterocycles. The molecule has 1 unspecified atom stereocenters. The molecule has 1 atom stereocenters. The monoisotopic (exact) mass is 311 g/mol. The minimum atomic E-state index is -3.07. The zero-order valence-electron chi connectivity index (χ0n) is 12.6. The van der Waals surface area contributed by atoms with E-state index in [4.69, 9.17) is 4.74 Å². The molecule has 21 heavy (non-hydrogen) atoms. The molecule has 1 aromatic rings. The van der Waals surface area contributed by atoms with E-state index in [1.54, 1.807) is 6.92 Å². The number of carbonyl (C=O) groups is 1. The number of nitrogens with zero attached hydrogens (tertiary/aromatic N) is 1. The minimum Gasteiger partial charge on any atom is -0.449 e. The molecule has 116 valence electrons. The van der Waals surface area contributed by atoms with E-state index >= 15 is 0 Å². The minimum absolute atomic E-state index is 0.00119. The number of benzene rings is 1. The van der Waals surface area contributed by atoms with Crippen LogP contribution in [0.2, 0.25) is 0 Å². The number of ether oxygens (including phenoxy) is 1. The SMILES string of the molecule is CCOC(=O)N(c1cc(C)cc(C)c1)C1CCS(=O)(=O)C1. The molecule has 0 aromatic heterocycles. The lowest BCUT2D eigenvalue weighted by molar-refractivity contribution is 0.157. The van der Waals surface area contributed by atoms with Crippen LogP contribution in [0.5, 0.6) is 0 Å². The van der Waals surface area contributed by atoms with Crippen molar-refractivity contribution < 1.29 is 17.9 Å². The topological polar surface area (TPSA) is 63.7 Å². The highest BCUT2D eigenvalue weighted by molar-refractivity contribution is 7.91. The third-order valence-corrected chi connectivity index (χ3v) is 5.27. The van der Waals surface area contributed by atoms with Crippen LogP contribution in [-0.2, 0) is 14.6 Å². The molecule has 1 amide bonds. The van der Waals surface area contributed by atoms with Gasteiger partial charge in [0.15, 0.2) is 9.84 Å². The summed E-state index contributed by atoms with van der Waals surface area (Å²) in [5, 5.41) is 0. The van der Waals surface area contributed by atoms with Gasteiger partial charge >= 0.3 is 6.09 Å². The van der Waals surface area contributed by atoms with Crippen molar-refractivity contribution in [3.63, 3.8) is 0 Å². The summed E-state index contributed by atoms with van der Waals surface area (Å²) < 4.78 is 28.5. The van der Waals surface area contributed by atoms with E-state index in [-0.39, 0.29) is 24.2 Å². The Morgan fingerprint density at radius 3 is 2.38 bits per heavy atom. The predicted molar refractivity (Wildman–Crippen MR) is 82.5 cm³/mol. The second kappa shape index (κ2) is 6.05. The van der Waals surface area contributed by atoms with Crippen molar-refractivity contribution in [3.05, 3.63) is 29.3 Å². The van der Waals surface area contributed by atoms with Crippen LogP contribution < -0.4 is 4.90 Å². The third-order valence-electron chi connectivity index (χ3n) is 3.52. The van der Waals surface area contributed by atoms with Crippen molar-refractivity contribution in [1.29, 1.82) is 0 Å². The molecule has 1 fully saturated rings. The van der Waals surface area contributed by atoms with E-state index < -0.39 is 15.9 Å². The number of sulfone groups is 1. The zero-order valence-corrected chi connectivity index (χ0v) is 13.4. The van der Waals surface area contributed by atoms with Crippen molar-refractivity contribution in [2.45, 2.75) is 33.2 Å². The molecule has 0 aliphatic carbocycles. The smallest absolute Gasteiger partial charge is 0.414 e. The Balaban J connectivity index is 2.38. The second-order valence-electron chi connectivity index (χ2n) is 5.47. The van der Waals surface area contributed by atoms with Gasteiger partial charge in [-0.15, -0.1) is 0 Å². The fourth-order valence-electron chi connectivity index (χ4n) is 2.73. The number of anilines is 1. The summed E-state index contributed by atoms with van der Waals surface area (Å²) in [6, 6.07) is 5.43. The largest absolute Gasteiger partial charge is 0.449 e. The van der Waals surface area contributed by atoms with E-state index in [1.165, 1.54) is 4.90 Å². The first kappa shape index (κ1) is 15.8. The Labute approximate surface area is 125 Å². The first-order valence-corrected chi connectivity index (χ1v) is 8.89. The van der Waals surface area contributed by atoms with Crippen LogP contribution >= 0.6 is 0 Å². The van der Waals surface area contributed by atoms with E-state index in [1.807, 2.05) is 32.0 Å². The Morgan fingerprint density at radius 1 is 1.29 bits per heavy atom. The van der Waals surface area contributed by atoms with Gasteiger partial charge in [0, 0.05) is 5.69 Å². The van der Waals surface area contributed by atoms with Gasteiger partial charge in [-0.05, 0) is 50.5 Å². The average Bonchev–Trinajstić information content (AvgIpc) is 2.68. The molecule has 1 aliphatic heterocycles. The molecule has 0 saturated carbocycles. The van der Waals surface area contributed by atoms with E-state index in [0.717, 1.165) is 11.1 Å². The van der Waals surface area contributed by atoms with Crippen molar-refractivity contribution in [2.75, 3.05) is 23.0 Å². The molecule has 6 heteroatoms. The van der Waals surface area contributed by atoms with Crippen LogP contribution in [0.4, 0.5) is 10.5 Å². The molecule has 0 spiro atoms. The molecule has 1 heterocycles. The van der Waals surface area contributed by atoms with Crippen molar-refractivity contribution in [2.24, 2.45) is 0 Å². The van der Waals surface area contributed by atoms with Crippen LogP contribution in [0, 0.1) is 13.8 Å². The Hall–Kier alpha value is -1.56. The van der Waals surface area contributed by atoms with Gasteiger partial charge in [-0.25, -0.2) is 13.2 Å².